The first-order valence-corrected chi connectivity index (χ1v) is 9.28. The quantitative estimate of drug-likeness (QED) is 0.372. The average Bonchev–Trinajstić information content (AvgIpc) is 3.24. The van der Waals surface area contributed by atoms with Gasteiger partial charge in [-0.3, -0.25) is 4.79 Å². The Hall–Kier alpha value is -3.78. The van der Waals surface area contributed by atoms with Gasteiger partial charge in [0.15, 0.2) is 5.82 Å². The molecule has 0 spiro atoms. The molecule has 0 radical (unpaired) electrons. The molecule has 8 nitrogen and oxygen atoms in total. The molecule has 1 amide bonds. The molecule has 9 heteroatoms. The molecule has 0 aliphatic heterocycles. The number of furan rings is 1. The van der Waals surface area contributed by atoms with Crippen LogP contribution in [-0.4, -0.2) is 29.8 Å². The maximum Gasteiger partial charge on any atom is 0.278 e. The monoisotopic (exact) mass is 425 g/mol. The normalized spacial score (nSPS) is 11.6. The van der Waals surface area contributed by atoms with Crippen LogP contribution >= 0.6 is 11.6 Å². The highest BCUT2D eigenvalue weighted by Gasteiger charge is 2.14. The molecule has 0 atom stereocenters. The zero-order valence-corrected chi connectivity index (χ0v) is 16.9. The lowest BCUT2D eigenvalue weighted by Gasteiger charge is -2.10. The molecule has 0 saturated carbocycles. The van der Waals surface area contributed by atoms with E-state index in [1.54, 1.807) is 30.4 Å². The minimum atomic E-state index is -0.302. The van der Waals surface area contributed by atoms with E-state index in [1.807, 2.05) is 12.1 Å². The maximum absolute atomic E-state index is 11.7. The van der Waals surface area contributed by atoms with Crippen LogP contribution < -0.4 is 21.1 Å². The van der Waals surface area contributed by atoms with Crippen molar-refractivity contribution in [1.82, 2.24) is 15.5 Å². The zero-order chi connectivity index (χ0) is 21.5. The van der Waals surface area contributed by atoms with Crippen molar-refractivity contribution < 1.29 is 13.9 Å². The Kier molecular flexibility index (Phi) is 6.71. The van der Waals surface area contributed by atoms with Crippen molar-refractivity contribution in [3.05, 3.63) is 77.7 Å². The first-order valence-electron chi connectivity index (χ1n) is 8.91. The standard InChI is InChI=1S/C21H20ClN5O3/c1-13(20(28)24-2)11-14(7-9-23)12-30-21-18-17(8-10-29-18)19(26-27-21)25-16-5-3-15(22)4-6-16/h3-11H,1,12,23H2,2H3,(H,24,28)(H,25,26)/b9-7-,14-11+. The Morgan fingerprint density at radius 2 is 2.07 bits per heavy atom. The van der Waals surface area contributed by atoms with Crippen LogP contribution in [0.5, 0.6) is 5.88 Å². The van der Waals surface area contributed by atoms with E-state index in [4.69, 9.17) is 26.5 Å². The minimum Gasteiger partial charge on any atom is -0.469 e. The van der Waals surface area contributed by atoms with Gasteiger partial charge in [0, 0.05) is 23.3 Å². The van der Waals surface area contributed by atoms with Crippen molar-refractivity contribution in [2.45, 2.75) is 0 Å². The van der Waals surface area contributed by atoms with Gasteiger partial charge in [0.1, 0.15) is 6.61 Å². The van der Waals surface area contributed by atoms with Crippen molar-refractivity contribution in [3.8, 4) is 5.88 Å². The Morgan fingerprint density at radius 3 is 2.77 bits per heavy atom. The number of nitrogens with one attached hydrogen (secondary N) is 2. The number of ether oxygens (including phenoxy) is 1. The number of nitrogens with zero attached hydrogens (tertiary/aromatic N) is 2. The first-order chi connectivity index (χ1) is 14.5. The summed E-state index contributed by atoms with van der Waals surface area (Å²) >= 11 is 5.92. The van der Waals surface area contributed by atoms with Crippen molar-refractivity contribution in [2.24, 2.45) is 5.73 Å². The van der Waals surface area contributed by atoms with Crippen LogP contribution in [0.15, 0.2) is 77.1 Å². The lowest BCUT2D eigenvalue weighted by atomic mass is 10.1. The third kappa shape index (κ3) is 4.98. The first kappa shape index (κ1) is 20.9. The minimum absolute atomic E-state index is 0.0815. The Labute approximate surface area is 178 Å². The number of benzene rings is 1. The molecule has 4 N–H and O–H groups in total. The number of aromatic nitrogens is 2. The number of nitrogens with two attached hydrogens (primary N) is 1. The smallest absolute Gasteiger partial charge is 0.278 e. The van der Waals surface area contributed by atoms with E-state index >= 15 is 0 Å². The molecule has 3 rings (SSSR count). The largest absolute Gasteiger partial charge is 0.469 e. The number of anilines is 2. The predicted octanol–water partition coefficient (Wildman–Crippen LogP) is 3.70. The van der Waals surface area contributed by atoms with Crippen molar-refractivity contribution in [1.29, 1.82) is 0 Å². The van der Waals surface area contributed by atoms with E-state index in [0.717, 1.165) is 5.69 Å². The average molecular weight is 426 g/mol. The highest BCUT2D eigenvalue weighted by molar-refractivity contribution is 6.30. The second-order valence-electron chi connectivity index (χ2n) is 6.12. The number of rotatable bonds is 8. The Balaban J connectivity index is 1.81. The molecule has 1 aromatic carbocycles. The molecule has 0 aliphatic rings. The molecule has 0 fully saturated rings. The van der Waals surface area contributed by atoms with Crippen molar-refractivity contribution in [2.75, 3.05) is 19.0 Å². The number of carbonyl (C=O) groups excluding carboxylic acids is 1. The molecule has 0 aliphatic carbocycles. The molecule has 2 heterocycles. The van der Waals surface area contributed by atoms with Gasteiger partial charge in [0.2, 0.25) is 11.5 Å². The fourth-order valence-corrected chi connectivity index (χ4v) is 2.70. The number of carbonyl (C=O) groups is 1. The van der Waals surface area contributed by atoms with Crippen LogP contribution in [-0.2, 0) is 4.79 Å². The highest BCUT2D eigenvalue weighted by Crippen LogP contribution is 2.30. The van der Waals surface area contributed by atoms with E-state index in [-0.39, 0.29) is 24.0 Å². The number of hydrogen-bond donors (Lipinski definition) is 3. The number of hydrogen-bond acceptors (Lipinski definition) is 7. The fraction of sp³-hybridized carbons (Fsp3) is 0.0952. The third-order valence-corrected chi connectivity index (χ3v) is 4.28. The summed E-state index contributed by atoms with van der Waals surface area (Å²) in [5, 5.41) is 15.3. The lowest BCUT2D eigenvalue weighted by Crippen LogP contribution is -2.18. The second kappa shape index (κ2) is 9.62. The Morgan fingerprint density at radius 1 is 1.30 bits per heavy atom. The zero-order valence-electron chi connectivity index (χ0n) is 16.2. The predicted molar refractivity (Wildman–Crippen MR) is 117 cm³/mol. The fourth-order valence-electron chi connectivity index (χ4n) is 2.58. The van der Waals surface area contributed by atoms with E-state index < -0.39 is 0 Å². The molecule has 2 aromatic heterocycles. The second-order valence-corrected chi connectivity index (χ2v) is 6.56. The summed E-state index contributed by atoms with van der Waals surface area (Å²) in [4.78, 5) is 11.7. The van der Waals surface area contributed by atoms with E-state index in [1.165, 1.54) is 19.5 Å². The Bertz CT molecular complexity index is 1120. The summed E-state index contributed by atoms with van der Waals surface area (Å²) in [6.45, 7) is 3.80. The number of amides is 1. The molecule has 154 valence electrons. The maximum atomic E-state index is 11.7. The third-order valence-electron chi connectivity index (χ3n) is 4.03. The summed E-state index contributed by atoms with van der Waals surface area (Å²) in [5.74, 6) is 0.418. The van der Waals surface area contributed by atoms with Crippen LogP contribution in [0, 0.1) is 0 Å². The molecular formula is C21H20ClN5O3. The van der Waals surface area contributed by atoms with Gasteiger partial charge in [-0.05, 0) is 54.3 Å². The molecule has 3 aromatic rings. The van der Waals surface area contributed by atoms with Gasteiger partial charge in [0.05, 0.1) is 11.6 Å². The van der Waals surface area contributed by atoms with Gasteiger partial charge in [-0.15, -0.1) is 10.2 Å². The van der Waals surface area contributed by atoms with Gasteiger partial charge < -0.3 is 25.5 Å². The summed E-state index contributed by atoms with van der Waals surface area (Å²) in [7, 11) is 1.53. The highest BCUT2D eigenvalue weighted by atomic mass is 35.5. The van der Waals surface area contributed by atoms with Crippen LogP contribution in [0.3, 0.4) is 0 Å². The van der Waals surface area contributed by atoms with Crippen LogP contribution in [0.25, 0.3) is 11.0 Å². The lowest BCUT2D eigenvalue weighted by molar-refractivity contribution is -0.116. The summed E-state index contributed by atoms with van der Waals surface area (Å²) in [6, 6.07) is 8.96. The molecule has 0 saturated heterocycles. The van der Waals surface area contributed by atoms with Crippen LogP contribution in [0.4, 0.5) is 11.5 Å². The van der Waals surface area contributed by atoms with Crippen molar-refractivity contribution in [3.63, 3.8) is 0 Å². The van der Waals surface area contributed by atoms with E-state index in [9.17, 15) is 4.79 Å². The van der Waals surface area contributed by atoms with Gasteiger partial charge in [0.25, 0.3) is 5.88 Å². The molecular weight excluding hydrogens is 406 g/mol. The topological polar surface area (TPSA) is 115 Å². The summed E-state index contributed by atoms with van der Waals surface area (Å²) in [5.41, 5.74) is 7.61. The van der Waals surface area contributed by atoms with Gasteiger partial charge in [-0.25, -0.2) is 0 Å². The molecule has 0 bridgehead atoms. The number of likely N-dealkylation sites (N-methyl/N-ethyl adjacent to an activating group) is 1. The summed E-state index contributed by atoms with van der Waals surface area (Å²) < 4.78 is 11.3. The van der Waals surface area contributed by atoms with Crippen molar-refractivity contribution >= 4 is 40.0 Å². The van der Waals surface area contributed by atoms with Gasteiger partial charge in [-0.2, -0.15) is 0 Å². The van der Waals surface area contributed by atoms with E-state index in [0.29, 0.717) is 27.4 Å². The van der Waals surface area contributed by atoms with Crippen LogP contribution in [0.1, 0.15) is 0 Å². The molecule has 30 heavy (non-hydrogen) atoms. The summed E-state index contributed by atoms with van der Waals surface area (Å²) in [6.07, 6.45) is 6.06. The number of halogens is 1. The number of fused-ring (bicyclic) bond motifs is 1. The molecule has 0 unspecified atom stereocenters. The SMILES string of the molecule is C=C(/C=C(\C=C/N)COc1nnc(Nc2ccc(Cl)cc2)c2ccoc12)C(=O)NC. The van der Waals surface area contributed by atoms with E-state index in [2.05, 4.69) is 27.4 Å². The van der Waals surface area contributed by atoms with Gasteiger partial charge >= 0.3 is 0 Å². The van der Waals surface area contributed by atoms with Crippen LogP contribution in [0.2, 0.25) is 5.02 Å². The van der Waals surface area contributed by atoms with Gasteiger partial charge in [-0.1, -0.05) is 18.2 Å².